The highest BCUT2D eigenvalue weighted by molar-refractivity contribution is 7.07. The summed E-state index contributed by atoms with van der Waals surface area (Å²) in [5.74, 6) is 0.501. The second-order valence-electron chi connectivity index (χ2n) is 6.26. The third-order valence-electron chi connectivity index (χ3n) is 3.88. The van der Waals surface area contributed by atoms with E-state index in [4.69, 9.17) is 21.7 Å². The minimum absolute atomic E-state index is 0.231. The van der Waals surface area contributed by atoms with Crippen molar-refractivity contribution >= 4 is 29.2 Å². The van der Waals surface area contributed by atoms with Crippen LogP contribution >= 0.6 is 22.9 Å². The molecule has 5 heteroatoms. The molecule has 1 unspecified atom stereocenters. The lowest BCUT2D eigenvalue weighted by molar-refractivity contribution is 0.621. The Balaban J connectivity index is 2.02. The molecule has 0 N–H and O–H groups in total. The standard InChI is InChI=1S/C19H22ClN3S/c1-14(2)22-19-23(21-12-15-7-4-3-5-8-15)18(13-24-19)16-9-6-10-17(20)11-16/h3-4,6,9-15H,5,7-8H2,1-2H3. The minimum atomic E-state index is 0.231. The number of benzene rings is 1. The monoisotopic (exact) mass is 359 g/mol. The Morgan fingerprint density at radius 2 is 2.21 bits per heavy atom. The second-order valence-corrected chi connectivity index (χ2v) is 7.53. The van der Waals surface area contributed by atoms with Crippen LogP contribution in [0.25, 0.3) is 11.3 Å². The second kappa shape index (κ2) is 7.95. The highest BCUT2D eigenvalue weighted by Gasteiger charge is 2.10. The van der Waals surface area contributed by atoms with E-state index < -0.39 is 0 Å². The zero-order chi connectivity index (χ0) is 16.9. The van der Waals surface area contributed by atoms with Gasteiger partial charge in [-0.25, -0.2) is 4.68 Å². The first-order chi connectivity index (χ1) is 11.6. The normalized spacial score (nSPS) is 18.8. The first kappa shape index (κ1) is 17.2. The summed E-state index contributed by atoms with van der Waals surface area (Å²) >= 11 is 7.78. The van der Waals surface area contributed by atoms with Gasteiger partial charge in [-0.05, 0) is 51.2 Å². The topological polar surface area (TPSA) is 29.6 Å². The van der Waals surface area contributed by atoms with E-state index in [1.165, 1.54) is 0 Å². The van der Waals surface area contributed by atoms with E-state index in [1.807, 2.05) is 22.9 Å². The van der Waals surface area contributed by atoms with E-state index in [1.54, 1.807) is 11.3 Å². The Morgan fingerprint density at radius 3 is 2.92 bits per heavy atom. The fraction of sp³-hybridized carbons (Fsp3) is 0.368. The van der Waals surface area contributed by atoms with E-state index in [0.29, 0.717) is 5.92 Å². The van der Waals surface area contributed by atoms with Gasteiger partial charge in [-0.2, -0.15) is 5.10 Å². The SMILES string of the molecule is CC(C)N=c1scc(-c2cccc(Cl)c2)n1N=CC1CC=CCC1. The molecular formula is C19H22ClN3S. The van der Waals surface area contributed by atoms with Gasteiger partial charge in [-0.15, -0.1) is 11.3 Å². The molecule has 1 aromatic carbocycles. The van der Waals surface area contributed by atoms with Crippen molar-refractivity contribution < 1.29 is 0 Å². The quantitative estimate of drug-likeness (QED) is 0.519. The van der Waals surface area contributed by atoms with Gasteiger partial charge in [0.1, 0.15) is 0 Å². The number of aromatic nitrogens is 1. The van der Waals surface area contributed by atoms with E-state index in [-0.39, 0.29) is 6.04 Å². The molecule has 24 heavy (non-hydrogen) atoms. The molecule has 0 bridgehead atoms. The van der Waals surface area contributed by atoms with Crippen molar-refractivity contribution in [2.24, 2.45) is 16.0 Å². The molecule has 0 radical (unpaired) electrons. The highest BCUT2D eigenvalue weighted by Crippen LogP contribution is 2.24. The maximum absolute atomic E-state index is 6.16. The van der Waals surface area contributed by atoms with Gasteiger partial charge in [-0.1, -0.05) is 35.9 Å². The molecule has 126 valence electrons. The van der Waals surface area contributed by atoms with Crippen molar-refractivity contribution in [1.82, 2.24) is 4.68 Å². The number of halogens is 1. The first-order valence-corrected chi connectivity index (χ1v) is 9.59. The van der Waals surface area contributed by atoms with Gasteiger partial charge in [0.15, 0.2) is 0 Å². The predicted octanol–water partition coefficient (Wildman–Crippen LogP) is 5.37. The van der Waals surface area contributed by atoms with Gasteiger partial charge in [-0.3, -0.25) is 4.99 Å². The van der Waals surface area contributed by atoms with Crippen LogP contribution in [-0.4, -0.2) is 16.9 Å². The van der Waals surface area contributed by atoms with Gasteiger partial charge in [0, 0.05) is 28.2 Å². The largest absolute Gasteiger partial charge is 0.255 e. The lowest BCUT2D eigenvalue weighted by Crippen LogP contribution is -2.15. The Kier molecular flexibility index (Phi) is 5.69. The smallest absolute Gasteiger partial charge is 0.206 e. The van der Waals surface area contributed by atoms with Crippen LogP contribution in [0, 0.1) is 5.92 Å². The van der Waals surface area contributed by atoms with Crippen LogP contribution < -0.4 is 4.80 Å². The van der Waals surface area contributed by atoms with Crippen LogP contribution in [0.5, 0.6) is 0 Å². The molecule has 0 saturated carbocycles. The third kappa shape index (κ3) is 4.25. The molecule has 3 nitrogen and oxygen atoms in total. The number of nitrogens with zero attached hydrogens (tertiary/aromatic N) is 3. The summed E-state index contributed by atoms with van der Waals surface area (Å²) in [6, 6.07) is 8.11. The molecule has 2 aromatic rings. The summed E-state index contributed by atoms with van der Waals surface area (Å²) in [6.07, 6.45) is 9.93. The molecule has 1 aromatic heterocycles. The summed E-state index contributed by atoms with van der Waals surface area (Å²) in [7, 11) is 0. The third-order valence-corrected chi connectivity index (χ3v) is 4.94. The molecule has 3 rings (SSSR count). The zero-order valence-electron chi connectivity index (χ0n) is 14.0. The number of hydrogen-bond acceptors (Lipinski definition) is 3. The Hall–Kier alpha value is -1.65. The number of hydrogen-bond donors (Lipinski definition) is 0. The summed E-state index contributed by atoms with van der Waals surface area (Å²) < 4.78 is 1.95. The van der Waals surface area contributed by atoms with E-state index in [0.717, 1.165) is 40.3 Å². The lowest BCUT2D eigenvalue weighted by Gasteiger charge is -2.12. The fourth-order valence-corrected chi connectivity index (χ4v) is 3.84. The average Bonchev–Trinajstić information content (AvgIpc) is 2.96. The lowest BCUT2D eigenvalue weighted by atomic mass is 9.96. The number of thiazole rings is 1. The number of allylic oxidation sites excluding steroid dienone is 2. The predicted molar refractivity (Wildman–Crippen MR) is 104 cm³/mol. The van der Waals surface area contributed by atoms with Crippen molar-refractivity contribution in [2.45, 2.75) is 39.2 Å². The molecule has 0 aliphatic heterocycles. The van der Waals surface area contributed by atoms with Gasteiger partial charge >= 0.3 is 0 Å². The van der Waals surface area contributed by atoms with E-state index >= 15 is 0 Å². The van der Waals surface area contributed by atoms with Crippen LogP contribution in [0.4, 0.5) is 0 Å². The summed E-state index contributed by atoms with van der Waals surface area (Å²) in [5, 5.41) is 7.61. The molecule has 1 aliphatic carbocycles. The molecule has 1 atom stereocenters. The van der Waals surface area contributed by atoms with Crippen molar-refractivity contribution in [2.75, 3.05) is 0 Å². The Labute approximate surface area is 152 Å². The summed E-state index contributed by atoms with van der Waals surface area (Å²) in [6.45, 7) is 4.16. The molecule has 0 amide bonds. The molecule has 0 fully saturated rings. The van der Waals surface area contributed by atoms with Gasteiger partial charge in [0.05, 0.1) is 5.69 Å². The van der Waals surface area contributed by atoms with Gasteiger partial charge in [0.25, 0.3) is 0 Å². The summed E-state index contributed by atoms with van der Waals surface area (Å²) in [5.41, 5.74) is 2.09. The van der Waals surface area contributed by atoms with Crippen molar-refractivity contribution in [3.63, 3.8) is 0 Å². The van der Waals surface area contributed by atoms with Crippen molar-refractivity contribution in [1.29, 1.82) is 0 Å². The molecule has 1 aliphatic rings. The summed E-state index contributed by atoms with van der Waals surface area (Å²) in [4.78, 5) is 5.63. The highest BCUT2D eigenvalue weighted by atomic mass is 35.5. The van der Waals surface area contributed by atoms with E-state index in [9.17, 15) is 0 Å². The Bertz CT molecular complexity index is 814. The number of rotatable bonds is 4. The van der Waals surface area contributed by atoms with Crippen LogP contribution in [-0.2, 0) is 0 Å². The van der Waals surface area contributed by atoms with Crippen LogP contribution in [0.2, 0.25) is 5.02 Å². The van der Waals surface area contributed by atoms with Gasteiger partial charge in [0.2, 0.25) is 4.80 Å². The van der Waals surface area contributed by atoms with Crippen molar-refractivity contribution in [3.8, 4) is 11.3 Å². The molecular weight excluding hydrogens is 338 g/mol. The fourth-order valence-electron chi connectivity index (χ4n) is 2.68. The molecule has 0 spiro atoms. The van der Waals surface area contributed by atoms with Crippen LogP contribution in [0.1, 0.15) is 33.1 Å². The van der Waals surface area contributed by atoms with Crippen LogP contribution in [0.15, 0.2) is 51.9 Å². The Morgan fingerprint density at radius 1 is 1.33 bits per heavy atom. The van der Waals surface area contributed by atoms with E-state index in [2.05, 4.69) is 43.7 Å². The zero-order valence-corrected chi connectivity index (χ0v) is 15.6. The average molecular weight is 360 g/mol. The first-order valence-electron chi connectivity index (χ1n) is 8.33. The minimum Gasteiger partial charge on any atom is -0.255 e. The van der Waals surface area contributed by atoms with Gasteiger partial charge < -0.3 is 0 Å². The van der Waals surface area contributed by atoms with Crippen LogP contribution in [0.3, 0.4) is 0 Å². The maximum Gasteiger partial charge on any atom is 0.206 e. The molecule has 0 saturated heterocycles. The molecule has 1 heterocycles. The maximum atomic E-state index is 6.16. The van der Waals surface area contributed by atoms with Crippen molar-refractivity contribution in [3.05, 3.63) is 51.6 Å².